The van der Waals surface area contributed by atoms with Crippen molar-refractivity contribution in [1.29, 1.82) is 0 Å². The van der Waals surface area contributed by atoms with Gasteiger partial charge in [0, 0.05) is 24.5 Å². The Hall–Kier alpha value is 2.18. The molecule has 4 saturated heterocycles. The van der Waals surface area contributed by atoms with Crippen molar-refractivity contribution in [3.63, 3.8) is 0 Å². The van der Waals surface area contributed by atoms with Gasteiger partial charge in [0.05, 0.1) is 48.7 Å². The normalized spacial score (nSPS) is 28.7. The van der Waals surface area contributed by atoms with E-state index < -0.39 is 297 Å². The van der Waals surface area contributed by atoms with Crippen LogP contribution in [-0.4, -0.2) is 384 Å². The van der Waals surface area contributed by atoms with Gasteiger partial charge in [-0.25, -0.2) is 71.0 Å². The number of carboxylic acids is 2. The molecule has 6 rings (SSSR count). The van der Waals surface area contributed by atoms with Gasteiger partial charge in [-0.2, -0.15) is 16.8 Å². The Kier molecular flexibility index (Phi) is 63.5. The summed E-state index contributed by atoms with van der Waals surface area (Å²) >= 11 is 0. The third kappa shape index (κ3) is 45.3. The third-order valence-electron chi connectivity index (χ3n) is 16.9. The van der Waals surface area contributed by atoms with Crippen LogP contribution in [0.3, 0.4) is 0 Å². The van der Waals surface area contributed by atoms with Crippen LogP contribution in [0.4, 0.5) is 22.7 Å². The first kappa shape index (κ1) is 133. The third-order valence-corrected chi connectivity index (χ3v) is 19.8. The van der Waals surface area contributed by atoms with Crippen molar-refractivity contribution in [3.8, 4) is 0 Å². The fourth-order valence-corrected chi connectivity index (χ4v) is 13.9. The Labute approximate surface area is 898 Å². The smallest absolute Gasteiger partial charge is 0.862 e. The molecule has 4 fully saturated rings. The maximum Gasteiger partial charge on any atom is 1.00 e. The van der Waals surface area contributed by atoms with Crippen LogP contribution in [0, 0.1) is 0 Å². The van der Waals surface area contributed by atoms with Crippen molar-refractivity contribution >= 4 is 109 Å². The quantitative estimate of drug-likeness (QED) is 0.00428. The first-order valence-electron chi connectivity index (χ1n) is 33.6. The number of aliphatic imine (C=N–C) groups is 2. The van der Waals surface area contributed by atoms with Crippen molar-refractivity contribution in [1.82, 2.24) is 9.44 Å². The summed E-state index contributed by atoms with van der Waals surface area (Å²) < 4.78 is 252. The van der Waals surface area contributed by atoms with Crippen molar-refractivity contribution in [2.24, 2.45) is 9.98 Å². The average Bonchev–Trinajstić information content (AvgIpc) is 0.770. The predicted octanol–water partition coefficient (Wildman–Crippen LogP) is -41.7. The summed E-state index contributed by atoms with van der Waals surface area (Å²) in [5.41, 5.74) is 0.506. The molecule has 2 aromatic carbocycles. The van der Waals surface area contributed by atoms with Gasteiger partial charge in [-0.05, 0) is 73.9 Å². The predicted molar refractivity (Wildman–Crippen MR) is 357 cm³/mol. The number of anilines is 2. The zero-order valence-corrected chi connectivity index (χ0v) is 88.7. The summed E-state index contributed by atoms with van der Waals surface area (Å²) in [6.07, 6.45) is -64.8. The number of ether oxygens (including phenoxy) is 6. The van der Waals surface area contributed by atoms with Gasteiger partial charge in [-0.3, -0.25) is 27.5 Å². The molecule has 0 aliphatic carbocycles. The number of hydrogen-bond donors (Lipinski definition) is 20. The SMILES string of the molecule is O=C([O-])[C@H]1O[C@H](OOC[C@H](O)[C@H](O)[C@@H](O)[C@H](O)CNc2cccc(N=C([O-])CCCCCC([O-])=Nc3cccc(NC[C@H](O)[C@@H](O)[C@H](O)[C@H](O)COO[C@H]4O[C@H](C(=O)[O-])[C@H](O[C@@H]5O[C@@H](COS(=O)(=O)[O-])[C@H](O)[C@H](O)[C@H]5NS(=O)(=O)[O-])[C@H](O)[C@H]4OS(=O)(=O)O)c3)c2)[C@@H](OS(=O)(=O)O)[C@H](O)[C@H]1O[C@@H]1O[C@@H](COS(=O)(=O)[O-])[C@H](O)[C@H](O)[C@H]1NS(=O)(=O)[O-].[Na+].[Na+].[Na+].[Na+].[Na+].[Na+].[Na+].[Na+]. The Morgan fingerprint density at radius 3 is 1.03 bits per heavy atom. The molecular formula is C55H78N6Na8O52S6. The maximum absolute atomic E-state index is 12.8. The van der Waals surface area contributed by atoms with Crippen molar-refractivity contribution < 1.29 is 480 Å². The van der Waals surface area contributed by atoms with Gasteiger partial charge in [-0.15, -0.1) is 0 Å². The molecule has 4 heterocycles. The number of aliphatic hydroxyl groups is 14. The van der Waals surface area contributed by atoms with E-state index in [1.54, 1.807) is 0 Å². The molecular weight excluding hydrogens is 1950 g/mol. The number of nitrogens with zero attached hydrogens (tertiary/aromatic N) is 2. The molecule has 0 amide bonds. The first-order valence-corrected chi connectivity index (χ1v) is 41.8. The molecule has 0 bridgehead atoms. The molecule has 0 spiro atoms. The molecule has 28 atom stereocenters. The van der Waals surface area contributed by atoms with Crippen LogP contribution < -0.4 is 277 Å². The monoisotopic (exact) mass is 2030 g/mol. The number of unbranched alkanes of at least 4 members (excludes halogenated alkanes) is 2. The number of rotatable bonds is 48. The molecule has 4 aliphatic heterocycles. The zero-order chi connectivity index (χ0) is 89.4. The zero-order valence-electron chi connectivity index (χ0n) is 67.8. The van der Waals surface area contributed by atoms with Crippen LogP contribution in [0.2, 0.25) is 0 Å². The Morgan fingerprint density at radius 1 is 0.425 bits per heavy atom. The van der Waals surface area contributed by atoms with E-state index in [0.29, 0.717) is 6.42 Å². The standard InChI is InChI=1S/C55H86N6O52S6.8Na/c62-24(34(68)36(70)26(64)16-100-110-54-46(112-118(94,95)96)42(76)44(48(108-54)50(78)79)106-52-32(60-114(82,83)84)40(74)38(72)28(104-52)18-102-116(88,89)90)14-56-20-6-4-8-22(12-20)58-30(66)10-2-1-3-11-31(67)59-23-9-5-7-21(13-23)57-15-25(63)35(69)37(71)27(65)17-101-111-55-47(113-119(97,98)99)43(77)45(49(109-55)51(80)81)107-53-33(61-115(85,86)87)41(75)39(73)29(105-53)19-103-117(91,92)93;;;;;;;;/h4-9,12-13,24-29,32-49,52-57,60-65,68-77H,1-3,10-11,14-19H2,(H,58,66)(H,59,67)(H,78,79)(H,80,81)(H,82,83,84)(H,85,86,87)(H,88,89,90)(H,91,92,93)(H,94,95,96)(H,97,98,99);;;;;;;;/q;8*+1/p-8/t24-,25+,26+,27-,28-,29-,32+,33+,34+,35-,36+,37-,38-,39-,40+,41+,42-,43+,44+,45+,46+,47-,48-,49-,52-,53-,54+,55+;;;;;;;;/m0......../s1. The first-order chi connectivity index (χ1) is 55.0. The molecule has 2 aromatic rings. The summed E-state index contributed by atoms with van der Waals surface area (Å²) in [6.45, 7) is -6.80. The van der Waals surface area contributed by atoms with E-state index in [9.17, 15) is 179 Å². The Bertz CT molecular complexity index is 4180. The molecule has 0 radical (unpaired) electrons. The van der Waals surface area contributed by atoms with Gasteiger partial charge in [0.25, 0.3) is 0 Å². The topological polar surface area (TPSA) is 949 Å². The fraction of sp³-hybridized carbons (Fsp3) is 0.709. The Balaban J connectivity index is -0.0000192. The number of carboxylic acid groups (broad SMARTS) is 2. The van der Waals surface area contributed by atoms with E-state index in [-0.39, 0.29) is 285 Å². The van der Waals surface area contributed by atoms with E-state index in [4.69, 9.17) is 48.0 Å². The summed E-state index contributed by atoms with van der Waals surface area (Å²) in [4.78, 5) is 51.5. The largest absolute Gasteiger partial charge is 1.00 e. The number of aliphatic hydroxyl groups excluding tert-OH is 14. The second-order valence-corrected chi connectivity index (χ2v) is 32.2. The molecule has 58 nitrogen and oxygen atoms in total. The summed E-state index contributed by atoms with van der Waals surface area (Å²) in [6, 6.07) is 6.08. The van der Waals surface area contributed by atoms with E-state index in [0.717, 1.165) is 0 Å². The number of carbonyl (C=O) groups is 2. The minimum atomic E-state index is -5.79. The van der Waals surface area contributed by atoms with Gasteiger partial charge in [-0.1, -0.05) is 18.6 Å². The molecule has 127 heavy (non-hydrogen) atoms. The molecule has 4 aliphatic rings. The van der Waals surface area contributed by atoms with Gasteiger partial charge in [0.1, 0.15) is 135 Å². The van der Waals surface area contributed by atoms with E-state index in [1.807, 2.05) is 0 Å². The molecule has 72 heteroatoms. The van der Waals surface area contributed by atoms with Gasteiger partial charge < -0.3 is 159 Å². The van der Waals surface area contributed by atoms with Gasteiger partial charge >= 0.3 is 257 Å². The molecule has 0 unspecified atom stereocenters. The summed E-state index contributed by atoms with van der Waals surface area (Å²) in [7, 11) is -34.2. The summed E-state index contributed by atoms with van der Waals surface area (Å²) in [5.74, 6) is -6.10. The van der Waals surface area contributed by atoms with Crippen LogP contribution in [0.5, 0.6) is 0 Å². The number of aliphatic carboxylic acids is 2. The van der Waals surface area contributed by atoms with Crippen LogP contribution in [0.1, 0.15) is 32.1 Å². The van der Waals surface area contributed by atoms with Gasteiger partial charge in [0.15, 0.2) is 45.4 Å². The molecule has 20 N–H and O–H groups in total. The van der Waals surface area contributed by atoms with E-state index >= 15 is 0 Å². The number of carbonyl (C=O) groups excluding carboxylic acids is 2. The minimum Gasteiger partial charge on any atom is -0.862 e. The number of nitrogens with one attached hydrogen (secondary N) is 4. The van der Waals surface area contributed by atoms with Crippen molar-refractivity contribution in [2.45, 2.75) is 204 Å². The molecule has 684 valence electrons. The number of benzene rings is 2. The fourth-order valence-electron chi connectivity index (χ4n) is 11.2. The van der Waals surface area contributed by atoms with Crippen LogP contribution in [-0.2, 0) is 136 Å². The molecule has 0 saturated carbocycles. The maximum atomic E-state index is 12.8. The second-order valence-electron chi connectivity index (χ2n) is 25.7. The Morgan fingerprint density at radius 2 is 0.740 bits per heavy atom. The molecule has 0 aromatic heterocycles. The van der Waals surface area contributed by atoms with Crippen LogP contribution in [0.15, 0.2) is 58.5 Å². The minimum absolute atomic E-state index is 0. The number of hydrogen-bond acceptors (Lipinski definition) is 54. The average molecular weight is 2030 g/mol. The van der Waals surface area contributed by atoms with Crippen LogP contribution >= 0.6 is 0 Å². The second kappa shape index (κ2) is 60.5. The van der Waals surface area contributed by atoms with Crippen molar-refractivity contribution in [3.05, 3.63) is 48.5 Å². The van der Waals surface area contributed by atoms with Crippen molar-refractivity contribution in [2.75, 3.05) is 50.2 Å². The summed E-state index contributed by atoms with van der Waals surface area (Å²) in [5, 5.41) is 205. The van der Waals surface area contributed by atoms with Gasteiger partial charge in [0.2, 0.25) is 33.4 Å². The van der Waals surface area contributed by atoms with E-state index in [1.165, 1.54) is 58.0 Å². The van der Waals surface area contributed by atoms with E-state index in [2.05, 4.69) is 37.4 Å². The van der Waals surface area contributed by atoms with Crippen LogP contribution in [0.25, 0.3) is 0 Å².